The molecule has 0 aromatic carbocycles. The van der Waals surface area contributed by atoms with Gasteiger partial charge < -0.3 is 10.6 Å². The summed E-state index contributed by atoms with van der Waals surface area (Å²) >= 11 is 0. The molecule has 118 valence electrons. The van der Waals surface area contributed by atoms with Crippen molar-refractivity contribution < 1.29 is 0 Å². The number of hydrogen-bond donors (Lipinski definition) is 2. The SMILES string of the molecule is CC1CCC(Nc2cncc(-c3cnc4cnccn34)n2)CN1. The highest BCUT2D eigenvalue weighted by molar-refractivity contribution is 5.60. The van der Waals surface area contributed by atoms with Crippen LogP contribution in [-0.2, 0) is 0 Å². The first-order valence-corrected chi connectivity index (χ1v) is 7.89. The lowest BCUT2D eigenvalue weighted by atomic mass is 10.0. The number of imidazole rings is 1. The smallest absolute Gasteiger partial charge is 0.155 e. The largest absolute Gasteiger partial charge is 0.365 e. The lowest BCUT2D eigenvalue weighted by Gasteiger charge is -2.28. The third kappa shape index (κ3) is 2.87. The van der Waals surface area contributed by atoms with Gasteiger partial charge in [0.25, 0.3) is 0 Å². The molecule has 1 aliphatic rings. The summed E-state index contributed by atoms with van der Waals surface area (Å²) in [5.74, 6) is 0.799. The summed E-state index contributed by atoms with van der Waals surface area (Å²) in [5.41, 5.74) is 2.51. The minimum Gasteiger partial charge on any atom is -0.365 e. The monoisotopic (exact) mass is 309 g/mol. The number of rotatable bonds is 3. The molecule has 0 aliphatic carbocycles. The Morgan fingerprint density at radius 1 is 1.17 bits per heavy atom. The van der Waals surface area contributed by atoms with E-state index in [9.17, 15) is 0 Å². The summed E-state index contributed by atoms with van der Waals surface area (Å²) < 4.78 is 1.96. The molecule has 23 heavy (non-hydrogen) atoms. The van der Waals surface area contributed by atoms with Gasteiger partial charge in [0.05, 0.1) is 30.5 Å². The van der Waals surface area contributed by atoms with E-state index in [1.807, 2.05) is 10.6 Å². The molecule has 0 amide bonds. The van der Waals surface area contributed by atoms with Crippen LogP contribution in [0.5, 0.6) is 0 Å². The van der Waals surface area contributed by atoms with Crippen LogP contribution in [0, 0.1) is 0 Å². The molecule has 0 bridgehead atoms. The highest BCUT2D eigenvalue weighted by atomic mass is 15.1. The molecular weight excluding hydrogens is 290 g/mol. The second-order valence-electron chi connectivity index (χ2n) is 5.97. The van der Waals surface area contributed by atoms with Crippen molar-refractivity contribution in [2.24, 2.45) is 0 Å². The zero-order valence-corrected chi connectivity index (χ0v) is 13.0. The van der Waals surface area contributed by atoms with Crippen LogP contribution in [-0.4, -0.2) is 43.0 Å². The molecule has 2 unspecified atom stereocenters. The molecule has 4 heterocycles. The minimum absolute atomic E-state index is 0.391. The Kier molecular flexibility index (Phi) is 3.63. The lowest BCUT2D eigenvalue weighted by molar-refractivity contribution is 0.398. The normalized spacial score (nSPS) is 21.4. The summed E-state index contributed by atoms with van der Waals surface area (Å²) in [6.45, 7) is 3.17. The average Bonchev–Trinajstić information content (AvgIpc) is 3.01. The molecule has 0 saturated carbocycles. The standard InChI is InChI=1S/C16H19N7/c1-11-2-3-12(6-19-11)21-15-9-18-7-13(22-15)14-8-20-16-10-17-4-5-23(14)16/h4-5,7-12,19H,2-3,6H2,1H3,(H,21,22). The highest BCUT2D eigenvalue weighted by Crippen LogP contribution is 2.20. The highest BCUT2D eigenvalue weighted by Gasteiger charge is 2.18. The predicted molar refractivity (Wildman–Crippen MR) is 88.1 cm³/mol. The summed E-state index contributed by atoms with van der Waals surface area (Å²) in [5, 5.41) is 6.96. The van der Waals surface area contributed by atoms with Crippen molar-refractivity contribution in [2.45, 2.75) is 31.8 Å². The van der Waals surface area contributed by atoms with Crippen LogP contribution in [0.25, 0.3) is 17.0 Å². The van der Waals surface area contributed by atoms with Crippen LogP contribution in [0.1, 0.15) is 19.8 Å². The summed E-state index contributed by atoms with van der Waals surface area (Å²) in [7, 11) is 0. The van der Waals surface area contributed by atoms with Gasteiger partial charge in [0.1, 0.15) is 11.5 Å². The van der Waals surface area contributed by atoms with Gasteiger partial charge in [-0.2, -0.15) is 0 Å². The second kappa shape index (κ2) is 5.92. The molecule has 4 rings (SSSR count). The molecule has 1 saturated heterocycles. The van der Waals surface area contributed by atoms with Gasteiger partial charge in [0, 0.05) is 31.0 Å². The van der Waals surface area contributed by atoms with Crippen LogP contribution in [0.2, 0.25) is 0 Å². The van der Waals surface area contributed by atoms with Gasteiger partial charge >= 0.3 is 0 Å². The van der Waals surface area contributed by atoms with Gasteiger partial charge in [0.2, 0.25) is 0 Å². The fourth-order valence-electron chi connectivity index (χ4n) is 2.92. The topological polar surface area (TPSA) is 80.0 Å². The maximum absolute atomic E-state index is 4.70. The number of anilines is 1. The van der Waals surface area contributed by atoms with Crippen LogP contribution in [0.15, 0.2) is 37.2 Å². The van der Waals surface area contributed by atoms with Gasteiger partial charge in [-0.3, -0.25) is 14.4 Å². The first-order valence-electron chi connectivity index (χ1n) is 7.89. The molecular formula is C16H19N7. The van der Waals surface area contributed by atoms with Crippen LogP contribution < -0.4 is 10.6 Å². The molecule has 0 radical (unpaired) electrons. The maximum atomic E-state index is 4.70. The first-order chi connectivity index (χ1) is 11.3. The van der Waals surface area contributed by atoms with Gasteiger partial charge in [-0.25, -0.2) is 9.97 Å². The Balaban J connectivity index is 1.59. The molecule has 1 aliphatic heterocycles. The van der Waals surface area contributed by atoms with E-state index in [2.05, 4.69) is 32.5 Å². The van der Waals surface area contributed by atoms with Crippen LogP contribution >= 0.6 is 0 Å². The van der Waals surface area contributed by atoms with E-state index in [1.165, 1.54) is 6.42 Å². The van der Waals surface area contributed by atoms with Crippen molar-refractivity contribution >= 4 is 11.5 Å². The van der Waals surface area contributed by atoms with Crippen molar-refractivity contribution in [1.82, 2.24) is 29.7 Å². The summed E-state index contributed by atoms with van der Waals surface area (Å²) in [6, 6.07) is 0.986. The Morgan fingerprint density at radius 3 is 3.00 bits per heavy atom. The molecule has 0 spiro atoms. The molecule has 3 aromatic rings. The zero-order valence-electron chi connectivity index (χ0n) is 13.0. The number of nitrogens with zero attached hydrogens (tertiary/aromatic N) is 5. The number of hydrogen-bond acceptors (Lipinski definition) is 6. The van der Waals surface area contributed by atoms with Crippen LogP contribution in [0.4, 0.5) is 5.82 Å². The van der Waals surface area contributed by atoms with Gasteiger partial charge in [0.15, 0.2) is 5.65 Å². The van der Waals surface area contributed by atoms with Crippen molar-refractivity contribution in [3.05, 3.63) is 37.2 Å². The second-order valence-corrected chi connectivity index (χ2v) is 5.97. The van der Waals surface area contributed by atoms with E-state index >= 15 is 0 Å². The van der Waals surface area contributed by atoms with Crippen molar-refractivity contribution in [2.75, 3.05) is 11.9 Å². The molecule has 2 N–H and O–H groups in total. The van der Waals surface area contributed by atoms with E-state index in [1.54, 1.807) is 31.0 Å². The molecule has 7 heteroatoms. The molecule has 2 atom stereocenters. The predicted octanol–water partition coefficient (Wildman–Crippen LogP) is 1.74. The number of aromatic nitrogens is 5. The Morgan fingerprint density at radius 2 is 2.13 bits per heavy atom. The fraction of sp³-hybridized carbons (Fsp3) is 0.375. The van der Waals surface area contributed by atoms with Crippen LogP contribution in [0.3, 0.4) is 0 Å². The molecule has 1 fully saturated rings. The van der Waals surface area contributed by atoms with Crippen molar-refractivity contribution in [3.8, 4) is 11.4 Å². The Labute approximate surface area is 134 Å². The lowest BCUT2D eigenvalue weighted by Crippen LogP contribution is -2.43. The molecule has 3 aromatic heterocycles. The maximum Gasteiger partial charge on any atom is 0.155 e. The Bertz CT molecular complexity index is 805. The quantitative estimate of drug-likeness (QED) is 0.767. The number of fused-ring (bicyclic) bond motifs is 1. The van der Waals surface area contributed by atoms with Gasteiger partial charge in [-0.05, 0) is 19.8 Å². The first kappa shape index (κ1) is 14.1. The van der Waals surface area contributed by atoms with E-state index in [4.69, 9.17) is 4.98 Å². The van der Waals surface area contributed by atoms with Gasteiger partial charge in [-0.15, -0.1) is 0 Å². The molecule has 7 nitrogen and oxygen atoms in total. The number of nitrogens with one attached hydrogen (secondary N) is 2. The summed E-state index contributed by atoms with van der Waals surface area (Å²) in [4.78, 5) is 17.5. The van der Waals surface area contributed by atoms with Crippen molar-refractivity contribution in [3.63, 3.8) is 0 Å². The summed E-state index contributed by atoms with van der Waals surface area (Å²) in [6.07, 6.45) is 13.0. The van der Waals surface area contributed by atoms with Crippen molar-refractivity contribution in [1.29, 1.82) is 0 Å². The zero-order chi connectivity index (χ0) is 15.6. The van der Waals surface area contributed by atoms with E-state index < -0.39 is 0 Å². The van der Waals surface area contributed by atoms with Gasteiger partial charge in [-0.1, -0.05) is 0 Å². The Hall–Kier alpha value is -2.54. The third-order valence-corrected chi connectivity index (χ3v) is 4.23. The van der Waals surface area contributed by atoms with E-state index in [0.717, 1.165) is 35.8 Å². The minimum atomic E-state index is 0.391. The number of piperidine rings is 1. The third-order valence-electron chi connectivity index (χ3n) is 4.23. The van der Waals surface area contributed by atoms with E-state index in [-0.39, 0.29) is 0 Å². The fourth-order valence-corrected chi connectivity index (χ4v) is 2.92. The average molecular weight is 309 g/mol. The van der Waals surface area contributed by atoms with E-state index in [0.29, 0.717) is 12.1 Å².